The van der Waals surface area contributed by atoms with Crippen molar-refractivity contribution in [3.63, 3.8) is 0 Å². The predicted molar refractivity (Wildman–Crippen MR) is 115 cm³/mol. The maximum atomic E-state index is 13.5. The fourth-order valence-electron chi connectivity index (χ4n) is 3.49. The molecule has 2 unspecified atom stereocenters. The molecule has 172 valence electrons. The van der Waals surface area contributed by atoms with Crippen LogP contribution in [0.25, 0.3) is 0 Å². The van der Waals surface area contributed by atoms with Gasteiger partial charge in [0.05, 0.1) is 4.87 Å². The number of hydrogen-bond donors (Lipinski definition) is 4. The molecular formula is C21H25N3O7S. The van der Waals surface area contributed by atoms with Crippen LogP contribution in [0, 0.1) is 5.92 Å². The first-order valence-electron chi connectivity index (χ1n) is 9.78. The number of carboxylic acid groups (broad SMARTS) is 1. The average Bonchev–Trinajstić information content (AvgIpc) is 2.64. The molecule has 10 nitrogen and oxygen atoms in total. The van der Waals surface area contributed by atoms with Gasteiger partial charge in [-0.05, 0) is 51.5 Å². The number of aliphatic carboxylic acids is 1. The summed E-state index contributed by atoms with van der Waals surface area (Å²) in [6, 6.07) is 4.32. The van der Waals surface area contributed by atoms with Crippen molar-refractivity contribution >= 4 is 35.5 Å². The Balaban J connectivity index is 1.92. The second kappa shape index (κ2) is 8.14. The summed E-state index contributed by atoms with van der Waals surface area (Å²) in [6.45, 7) is 6.58. The smallest absolute Gasteiger partial charge is 0.408 e. The van der Waals surface area contributed by atoms with E-state index in [4.69, 9.17) is 10.5 Å². The zero-order valence-corrected chi connectivity index (χ0v) is 18.8. The molecule has 0 bridgehead atoms. The van der Waals surface area contributed by atoms with E-state index in [1.54, 1.807) is 27.7 Å². The first kappa shape index (κ1) is 23.6. The van der Waals surface area contributed by atoms with Gasteiger partial charge < -0.3 is 26.0 Å². The highest BCUT2D eigenvalue weighted by Gasteiger charge is 2.59. The lowest BCUT2D eigenvalue weighted by atomic mass is 9.85. The number of nitrogens with zero attached hydrogens (tertiary/aromatic N) is 1. The van der Waals surface area contributed by atoms with E-state index in [0.717, 1.165) is 16.7 Å². The molecule has 11 heteroatoms. The van der Waals surface area contributed by atoms with Crippen molar-refractivity contribution in [3.05, 3.63) is 41.6 Å². The molecule has 2 heterocycles. The van der Waals surface area contributed by atoms with Crippen molar-refractivity contribution in [2.24, 2.45) is 11.7 Å². The summed E-state index contributed by atoms with van der Waals surface area (Å²) in [5.41, 5.74) is 5.33. The minimum atomic E-state index is -1.33. The van der Waals surface area contributed by atoms with Crippen molar-refractivity contribution in [1.29, 1.82) is 0 Å². The molecule has 2 aliphatic rings. The Kier molecular flexibility index (Phi) is 6.00. The van der Waals surface area contributed by atoms with Gasteiger partial charge in [0.15, 0.2) is 5.78 Å². The van der Waals surface area contributed by atoms with Gasteiger partial charge in [0.2, 0.25) is 5.91 Å². The molecule has 0 saturated carbocycles. The number of benzene rings is 1. The largest absolute Gasteiger partial charge is 0.508 e. The van der Waals surface area contributed by atoms with Crippen LogP contribution in [-0.2, 0) is 19.1 Å². The molecule has 1 aromatic carbocycles. The van der Waals surface area contributed by atoms with Crippen molar-refractivity contribution in [3.8, 4) is 5.75 Å². The number of nitrogens with one attached hydrogen (secondary N) is 1. The fourth-order valence-corrected chi connectivity index (χ4v) is 4.90. The number of alkyl carbamates (subject to hydrolysis) is 1. The number of phenolic OH excluding ortho intramolecular Hbond substituents is 1. The summed E-state index contributed by atoms with van der Waals surface area (Å²) in [4.78, 5) is 50.2. The number of ether oxygens (including phenoxy) is 1. The van der Waals surface area contributed by atoms with E-state index in [0.29, 0.717) is 5.56 Å². The number of carbonyl (C=O) groups excluding carboxylic acids is 3. The van der Waals surface area contributed by atoms with Gasteiger partial charge in [0, 0.05) is 0 Å². The third kappa shape index (κ3) is 4.73. The second-order valence-corrected chi connectivity index (χ2v) is 10.4. The van der Waals surface area contributed by atoms with Crippen LogP contribution in [0.15, 0.2) is 36.0 Å². The number of carbonyl (C=O) groups is 4. The highest BCUT2D eigenvalue weighted by molar-refractivity contribution is 8.01. The van der Waals surface area contributed by atoms with Crippen LogP contribution < -0.4 is 11.1 Å². The Morgan fingerprint density at radius 1 is 1.25 bits per heavy atom. The average molecular weight is 464 g/mol. The molecule has 32 heavy (non-hydrogen) atoms. The molecule has 5 N–H and O–H groups in total. The van der Waals surface area contributed by atoms with Crippen LogP contribution >= 0.6 is 11.8 Å². The first-order chi connectivity index (χ1) is 14.7. The van der Waals surface area contributed by atoms with Crippen LogP contribution in [-0.4, -0.2) is 54.7 Å². The summed E-state index contributed by atoms with van der Waals surface area (Å²) in [5.74, 6) is -3.91. The minimum absolute atomic E-state index is 0.0407. The summed E-state index contributed by atoms with van der Waals surface area (Å²) >= 11 is 1.08. The number of ketones is 1. The number of aromatic hydroxyl groups is 1. The normalized spacial score (nSPS) is 25.7. The van der Waals surface area contributed by atoms with Gasteiger partial charge in [-0.15, -0.1) is 11.8 Å². The van der Waals surface area contributed by atoms with Crippen LogP contribution in [0.2, 0.25) is 0 Å². The van der Waals surface area contributed by atoms with Crippen molar-refractivity contribution in [1.82, 2.24) is 10.2 Å². The number of hydrogen-bond acceptors (Lipinski definition) is 8. The lowest BCUT2D eigenvalue weighted by Gasteiger charge is -2.51. The fraction of sp³-hybridized carbons (Fsp3) is 0.429. The van der Waals surface area contributed by atoms with Crippen LogP contribution in [0.5, 0.6) is 5.75 Å². The first-order valence-corrected chi connectivity index (χ1v) is 10.7. The number of β-lactam (4-membered cyclic amide) rings is 1. The van der Waals surface area contributed by atoms with Gasteiger partial charge in [-0.2, -0.15) is 0 Å². The SMILES string of the molecule is CC(C)(C)OC(=O)N[C@@H](C(=O)C1C(=O)N2C(C(=O)O)=CC(C)(N)S[C@H]12)c1ccc(O)cc1. The Morgan fingerprint density at radius 3 is 2.38 bits per heavy atom. The van der Waals surface area contributed by atoms with E-state index in [1.165, 1.54) is 30.3 Å². The molecular weight excluding hydrogens is 438 g/mol. The van der Waals surface area contributed by atoms with Gasteiger partial charge in [-0.1, -0.05) is 12.1 Å². The molecule has 2 amide bonds. The summed E-state index contributed by atoms with van der Waals surface area (Å²) in [6.07, 6.45) is 0.407. The standard InChI is InChI=1S/C21H25N3O7S/c1-20(2,3)31-19(30)23-14(10-5-7-11(25)8-6-10)15(26)13-16(27)24-12(18(28)29)9-21(4,22)32-17(13)24/h5-9,13-14,17,25H,22H2,1-4H3,(H,23,30)(H,28,29)/t13?,14-,17-,21?/m1/s1. The second-order valence-electron chi connectivity index (χ2n) is 8.79. The third-order valence-electron chi connectivity index (χ3n) is 4.80. The van der Waals surface area contributed by atoms with Gasteiger partial charge in [-0.25, -0.2) is 9.59 Å². The van der Waals surface area contributed by atoms with Gasteiger partial charge in [-0.3, -0.25) is 14.5 Å². The molecule has 0 aliphatic carbocycles. The van der Waals surface area contributed by atoms with E-state index in [1.807, 2.05) is 0 Å². The Morgan fingerprint density at radius 2 is 1.84 bits per heavy atom. The number of amides is 2. The molecule has 4 atom stereocenters. The summed E-state index contributed by atoms with van der Waals surface area (Å²) in [7, 11) is 0. The van der Waals surface area contributed by atoms with Crippen LogP contribution in [0.3, 0.4) is 0 Å². The number of nitrogens with two attached hydrogens (primary N) is 1. The van der Waals surface area contributed by atoms with E-state index >= 15 is 0 Å². The topological polar surface area (TPSA) is 159 Å². The lowest BCUT2D eigenvalue weighted by Crippen LogP contribution is -2.67. The molecule has 1 fully saturated rings. The summed E-state index contributed by atoms with van der Waals surface area (Å²) in [5, 5.41) is 20.7. The van der Waals surface area contributed by atoms with Gasteiger partial charge >= 0.3 is 12.1 Å². The molecule has 0 radical (unpaired) electrons. The van der Waals surface area contributed by atoms with Crippen molar-refractivity contribution in [2.45, 2.75) is 49.6 Å². The number of phenols is 1. The number of rotatable bonds is 5. The van der Waals surface area contributed by atoms with Gasteiger partial charge in [0.25, 0.3) is 0 Å². The Hall–Kier alpha value is -3.05. The number of carboxylic acids is 1. The van der Waals surface area contributed by atoms with E-state index in [2.05, 4.69) is 5.32 Å². The number of thioether (sulfide) groups is 1. The lowest BCUT2D eigenvalue weighted by molar-refractivity contribution is -0.157. The van der Waals surface area contributed by atoms with E-state index < -0.39 is 51.6 Å². The van der Waals surface area contributed by atoms with E-state index in [9.17, 15) is 29.4 Å². The summed E-state index contributed by atoms with van der Waals surface area (Å²) < 4.78 is 5.25. The minimum Gasteiger partial charge on any atom is -0.508 e. The monoisotopic (exact) mass is 463 g/mol. The van der Waals surface area contributed by atoms with Gasteiger partial charge in [0.1, 0.15) is 34.4 Å². The van der Waals surface area contributed by atoms with Crippen LogP contribution in [0.1, 0.15) is 39.3 Å². The molecule has 0 aromatic heterocycles. The van der Waals surface area contributed by atoms with E-state index in [-0.39, 0.29) is 11.4 Å². The highest BCUT2D eigenvalue weighted by Crippen LogP contribution is 2.48. The number of fused-ring (bicyclic) bond motifs is 1. The Labute approximate surface area is 188 Å². The van der Waals surface area contributed by atoms with Crippen molar-refractivity contribution < 1.29 is 34.1 Å². The third-order valence-corrected chi connectivity index (χ3v) is 6.15. The predicted octanol–water partition coefficient (Wildman–Crippen LogP) is 1.70. The zero-order valence-electron chi connectivity index (χ0n) is 18.0. The maximum absolute atomic E-state index is 13.5. The highest BCUT2D eigenvalue weighted by atomic mass is 32.2. The molecule has 1 saturated heterocycles. The molecule has 0 spiro atoms. The molecule has 1 aromatic rings. The Bertz CT molecular complexity index is 998. The molecule has 2 aliphatic heterocycles. The maximum Gasteiger partial charge on any atom is 0.408 e. The number of Topliss-reactive ketones (excluding diaryl/α,β-unsaturated/α-hetero) is 1. The quantitative estimate of drug-likeness (QED) is 0.376. The van der Waals surface area contributed by atoms with Crippen molar-refractivity contribution in [2.75, 3.05) is 0 Å². The zero-order chi connectivity index (χ0) is 24.0. The van der Waals surface area contributed by atoms with Crippen LogP contribution in [0.4, 0.5) is 4.79 Å². The molecule has 3 rings (SSSR count).